The molecule has 1 aliphatic rings. The fourth-order valence-corrected chi connectivity index (χ4v) is 2.26. The summed E-state index contributed by atoms with van der Waals surface area (Å²) in [6, 6.07) is 10.7. The van der Waals surface area contributed by atoms with E-state index in [1.165, 1.54) is 18.4 Å². The van der Waals surface area contributed by atoms with Crippen molar-refractivity contribution in [3.63, 3.8) is 0 Å². The second-order valence-corrected chi connectivity index (χ2v) is 5.22. The third-order valence-corrected chi connectivity index (χ3v) is 3.55. The van der Waals surface area contributed by atoms with Crippen LogP contribution >= 0.6 is 0 Å². The zero-order valence-corrected chi connectivity index (χ0v) is 13.0. The number of amides is 1. The van der Waals surface area contributed by atoms with Gasteiger partial charge in [-0.25, -0.2) is 0 Å². The Hall–Kier alpha value is -1.35. The lowest BCUT2D eigenvalue weighted by Crippen LogP contribution is -2.39. The van der Waals surface area contributed by atoms with Gasteiger partial charge in [0.2, 0.25) is 5.91 Å². The van der Waals surface area contributed by atoms with E-state index in [0.29, 0.717) is 13.2 Å². The summed E-state index contributed by atoms with van der Waals surface area (Å²) < 4.78 is 5.06. The zero-order valence-electron chi connectivity index (χ0n) is 13.0. The first-order chi connectivity index (χ1) is 9.65. The Labute approximate surface area is 122 Å². The Balaban J connectivity index is 0.000000204. The van der Waals surface area contributed by atoms with Gasteiger partial charge in [-0.05, 0) is 17.9 Å². The summed E-state index contributed by atoms with van der Waals surface area (Å²) in [5.41, 5.74) is 1.47. The van der Waals surface area contributed by atoms with Crippen molar-refractivity contribution in [2.75, 3.05) is 26.3 Å². The molecule has 0 spiro atoms. The molecule has 112 valence electrons. The van der Waals surface area contributed by atoms with E-state index in [2.05, 4.69) is 44.2 Å². The van der Waals surface area contributed by atoms with E-state index in [9.17, 15) is 4.79 Å². The van der Waals surface area contributed by atoms with Gasteiger partial charge in [-0.3, -0.25) is 4.79 Å². The number of carbonyl (C=O) groups excluding carboxylic acids is 1. The summed E-state index contributed by atoms with van der Waals surface area (Å²) in [5, 5.41) is 0. The second-order valence-electron chi connectivity index (χ2n) is 5.22. The molecule has 1 unspecified atom stereocenters. The van der Waals surface area contributed by atoms with Crippen LogP contribution in [-0.2, 0) is 9.53 Å². The molecular formula is C17H27NO2. The Bertz CT molecular complexity index is 372. The van der Waals surface area contributed by atoms with Gasteiger partial charge in [0.1, 0.15) is 0 Å². The largest absolute Gasteiger partial charge is 0.378 e. The van der Waals surface area contributed by atoms with Gasteiger partial charge in [0.15, 0.2) is 0 Å². The fourth-order valence-electron chi connectivity index (χ4n) is 2.26. The maximum absolute atomic E-state index is 10.7. The van der Waals surface area contributed by atoms with Crippen molar-refractivity contribution in [1.82, 2.24) is 4.90 Å². The molecule has 1 amide bonds. The van der Waals surface area contributed by atoms with Crippen LogP contribution in [0.4, 0.5) is 0 Å². The molecule has 1 heterocycles. The molecule has 3 nitrogen and oxygen atoms in total. The summed E-state index contributed by atoms with van der Waals surface area (Å²) in [5.74, 6) is 0.875. The maximum atomic E-state index is 10.7. The average Bonchev–Trinajstić information content (AvgIpc) is 2.50. The minimum Gasteiger partial charge on any atom is -0.378 e. The van der Waals surface area contributed by atoms with Gasteiger partial charge >= 0.3 is 0 Å². The summed E-state index contributed by atoms with van der Waals surface area (Å²) in [4.78, 5) is 12.5. The Morgan fingerprint density at radius 1 is 1.25 bits per heavy atom. The van der Waals surface area contributed by atoms with Gasteiger partial charge in [0, 0.05) is 20.0 Å². The lowest BCUT2D eigenvalue weighted by atomic mass is 9.97. The van der Waals surface area contributed by atoms with Gasteiger partial charge in [-0.15, -0.1) is 0 Å². The van der Waals surface area contributed by atoms with Crippen LogP contribution in [0.5, 0.6) is 0 Å². The number of ether oxygens (including phenoxy) is 1. The number of nitrogens with zero attached hydrogens (tertiary/aromatic N) is 1. The minimum absolute atomic E-state index is 0.151. The van der Waals surface area contributed by atoms with Crippen LogP contribution in [0, 0.1) is 0 Å². The van der Waals surface area contributed by atoms with E-state index in [0.717, 1.165) is 19.0 Å². The average molecular weight is 277 g/mol. The summed E-state index contributed by atoms with van der Waals surface area (Å²) in [6.07, 6.45) is 2.57. The smallest absolute Gasteiger partial charge is 0.219 e. The fraction of sp³-hybridized carbons (Fsp3) is 0.588. The maximum Gasteiger partial charge on any atom is 0.219 e. The predicted molar refractivity (Wildman–Crippen MR) is 82.8 cm³/mol. The number of rotatable bonds is 3. The molecule has 0 bridgehead atoms. The van der Waals surface area contributed by atoms with E-state index in [-0.39, 0.29) is 5.91 Å². The third kappa shape index (κ3) is 6.20. The van der Waals surface area contributed by atoms with E-state index in [4.69, 9.17) is 4.74 Å². The first kappa shape index (κ1) is 16.7. The molecule has 1 aliphatic heterocycles. The van der Waals surface area contributed by atoms with Crippen molar-refractivity contribution >= 4 is 5.91 Å². The highest BCUT2D eigenvalue weighted by atomic mass is 16.5. The van der Waals surface area contributed by atoms with E-state index < -0.39 is 0 Å². The Kier molecular flexibility index (Phi) is 7.97. The van der Waals surface area contributed by atoms with Crippen LogP contribution in [0.25, 0.3) is 0 Å². The molecule has 1 atom stereocenters. The van der Waals surface area contributed by atoms with E-state index >= 15 is 0 Å². The minimum atomic E-state index is 0.151. The number of benzene rings is 1. The molecule has 0 aromatic heterocycles. The van der Waals surface area contributed by atoms with Crippen molar-refractivity contribution < 1.29 is 9.53 Å². The summed E-state index contributed by atoms with van der Waals surface area (Å²) in [6.45, 7) is 9.02. The third-order valence-electron chi connectivity index (χ3n) is 3.55. The first-order valence-electron chi connectivity index (χ1n) is 7.53. The lowest BCUT2D eigenvalue weighted by Gasteiger charge is -2.25. The van der Waals surface area contributed by atoms with Gasteiger partial charge in [0.25, 0.3) is 0 Å². The number of morpholine rings is 1. The van der Waals surface area contributed by atoms with Gasteiger partial charge in [-0.1, -0.05) is 50.6 Å². The van der Waals surface area contributed by atoms with Crippen LogP contribution in [-0.4, -0.2) is 37.1 Å². The van der Waals surface area contributed by atoms with Crippen molar-refractivity contribution in [2.45, 2.75) is 39.5 Å². The number of hydrogen-bond acceptors (Lipinski definition) is 2. The van der Waals surface area contributed by atoms with Crippen LogP contribution in [0.3, 0.4) is 0 Å². The van der Waals surface area contributed by atoms with Gasteiger partial charge < -0.3 is 9.64 Å². The monoisotopic (exact) mass is 277 g/mol. The number of carbonyl (C=O) groups is 1. The standard InChI is InChI=1S/C11H16.C6H11NO2/c1-3-7-10(2)11-8-5-4-6-9-11;1-6(8)7-2-4-9-5-3-7/h4-6,8-10H,3,7H2,1-2H3;2-5H2,1H3. The SMILES string of the molecule is CC(=O)N1CCOCC1.CCCC(C)c1ccccc1. The molecule has 1 aromatic rings. The molecule has 20 heavy (non-hydrogen) atoms. The Morgan fingerprint density at radius 3 is 2.30 bits per heavy atom. The highest BCUT2D eigenvalue weighted by Crippen LogP contribution is 2.19. The van der Waals surface area contributed by atoms with Crippen molar-refractivity contribution in [1.29, 1.82) is 0 Å². The molecule has 0 saturated carbocycles. The zero-order chi connectivity index (χ0) is 14.8. The van der Waals surface area contributed by atoms with Crippen molar-refractivity contribution in [3.05, 3.63) is 35.9 Å². The molecular weight excluding hydrogens is 250 g/mol. The Morgan fingerprint density at radius 2 is 1.85 bits per heavy atom. The van der Waals surface area contributed by atoms with Crippen LogP contribution in [0.1, 0.15) is 45.1 Å². The van der Waals surface area contributed by atoms with Crippen LogP contribution in [0.15, 0.2) is 30.3 Å². The highest BCUT2D eigenvalue weighted by Gasteiger charge is 2.11. The second kappa shape index (κ2) is 9.54. The van der Waals surface area contributed by atoms with Crippen LogP contribution < -0.4 is 0 Å². The molecule has 1 fully saturated rings. The molecule has 0 aliphatic carbocycles. The normalized spacial score (nSPS) is 16.1. The lowest BCUT2D eigenvalue weighted by molar-refractivity contribution is -0.132. The van der Waals surface area contributed by atoms with E-state index in [1.54, 1.807) is 11.8 Å². The molecule has 1 saturated heterocycles. The van der Waals surface area contributed by atoms with Gasteiger partial charge in [0.05, 0.1) is 13.2 Å². The first-order valence-corrected chi connectivity index (χ1v) is 7.53. The predicted octanol–water partition coefficient (Wildman–Crippen LogP) is 3.46. The van der Waals surface area contributed by atoms with Crippen molar-refractivity contribution in [2.24, 2.45) is 0 Å². The van der Waals surface area contributed by atoms with Gasteiger partial charge in [-0.2, -0.15) is 0 Å². The molecule has 2 rings (SSSR count). The molecule has 3 heteroatoms. The van der Waals surface area contributed by atoms with Crippen LogP contribution in [0.2, 0.25) is 0 Å². The summed E-state index contributed by atoms with van der Waals surface area (Å²) >= 11 is 0. The molecule has 1 aromatic carbocycles. The quantitative estimate of drug-likeness (QED) is 0.847. The molecule has 0 radical (unpaired) electrons. The van der Waals surface area contributed by atoms with E-state index in [1.807, 2.05) is 0 Å². The van der Waals surface area contributed by atoms with Crippen molar-refractivity contribution in [3.8, 4) is 0 Å². The summed E-state index contributed by atoms with van der Waals surface area (Å²) in [7, 11) is 0. The highest BCUT2D eigenvalue weighted by molar-refractivity contribution is 5.73. The topological polar surface area (TPSA) is 29.5 Å². The number of hydrogen-bond donors (Lipinski definition) is 0. The molecule has 0 N–H and O–H groups in total.